The van der Waals surface area contributed by atoms with E-state index < -0.39 is 35.0 Å². The van der Waals surface area contributed by atoms with Crippen LogP contribution in [0.5, 0.6) is 0 Å². The molecule has 0 amide bonds. The molecule has 0 bridgehead atoms. The summed E-state index contributed by atoms with van der Waals surface area (Å²) in [5.41, 5.74) is -1.73. The molecule has 2 N–H and O–H groups in total. The van der Waals surface area contributed by atoms with Crippen LogP contribution in [0.3, 0.4) is 0 Å². The van der Waals surface area contributed by atoms with Gasteiger partial charge in [0.15, 0.2) is 0 Å². The molecule has 8 heteroatoms. The molecule has 0 saturated heterocycles. The second-order valence-electron chi connectivity index (χ2n) is 15.4. The highest BCUT2D eigenvalue weighted by Crippen LogP contribution is 2.22. The molecule has 0 aromatic heterocycles. The predicted octanol–water partition coefficient (Wildman–Crippen LogP) is 13.9. The molecule has 0 heterocycles. The van der Waals surface area contributed by atoms with Gasteiger partial charge >= 0.3 is 23.9 Å². The summed E-state index contributed by atoms with van der Waals surface area (Å²) in [6.07, 6.45) is 39.2. The van der Waals surface area contributed by atoms with Crippen LogP contribution in [0.4, 0.5) is 0 Å². The van der Waals surface area contributed by atoms with Gasteiger partial charge in [-0.05, 0) is 25.0 Å². The van der Waals surface area contributed by atoms with Crippen molar-refractivity contribution in [3.8, 4) is 0 Å². The van der Waals surface area contributed by atoms with Crippen LogP contribution in [0.2, 0.25) is 0 Å². The fraction of sp³-hybridized carbons (Fsp3) is 0.783. The maximum absolute atomic E-state index is 12.8. The fourth-order valence-corrected chi connectivity index (χ4v) is 7.08. The third-order valence-corrected chi connectivity index (χ3v) is 10.5. The van der Waals surface area contributed by atoms with E-state index in [1.165, 1.54) is 154 Å². The highest BCUT2D eigenvalue weighted by Gasteiger charge is 2.27. The Morgan fingerprint density at radius 1 is 0.352 bits per heavy atom. The van der Waals surface area contributed by atoms with Crippen LogP contribution < -0.4 is 0 Å². The number of carbonyl (C=O) groups is 4. The van der Waals surface area contributed by atoms with E-state index in [-0.39, 0.29) is 24.3 Å². The maximum atomic E-state index is 12.8. The van der Waals surface area contributed by atoms with Gasteiger partial charge in [-0.3, -0.25) is 0 Å². The smallest absolute Gasteiger partial charge is 0.339 e. The molecule has 0 aliphatic heterocycles. The lowest BCUT2D eigenvalue weighted by Gasteiger charge is -2.12. The van der Waals surface area contributed by atoms with E-state index in [1.54, 1.807) is 0 Å². The number of benzene rings is 1. The van der Waals surface area contributed by atoms with Gasteiger partial charge in [0, 0.05) is 0 Å². The minimum atomic E-state index is -1.45. The second kappa shape index (κ2) is 34.6. The van der Waals surface area contributed by atoms with Crippen molar-refractivity contribution in [1.82, 2.24) is 0 Å². The molecule has 0 aliphatic carbocycles. The van der Waals surface area contributed by atoms with Crippen molar-refractivity contribution in [3.05, 3.63) is 34.4 Å². The Labute approximate surface area is 328 Å². The number of ether oxygens (including phenoxy) is 2. The molecule has 0 fully saturated rings. The zero-order chi connectivity index (χ0) is 39.5. The quantitative estimate of drug-likeness (QED) is 0.0504. The third-order valence-electron chi connectivity index (χ3n) is 10.5. The number of carboxylic acids is 2. The molecule has 1 aromatic carbocycles. The van der Waals surface area contributed by atoms with Gasteiger partial charge in [-0.15, -0.1) is 0 Å². The van der Waals surface area contributed by atoms with Gasteiger partial charge in [-0.2, -0.15) is 0 Å². The van der Waals surface area contributed by atoms with E-state index in [9.17, 15) is 29.4 Å². The molecule has 0 atom stereocenters. The van der Waals surface area contributed by atoms with E-state index in [2.05, 4.69) is 13.8 Å². The zero-order valence-electron chi connectivity index (χ0n) is 34.5. The molecule has 0 spiro atoms. The summed E-state index contributed by atoms with van der Waals surface area (Å²) in [5, 5.41) is 19.6. The Balaban J connectivity index is 2.28. The van der Waals surface area contributed by atoms with Gasteiger partial charge in [0.2, 0.25) is 0 Å². The second-order valence-corrected chi connectivity index (χ2v) is 15.4. The van der Waals surface area contributed by atoms with E-state index in [0.29, 0.717) is 12.8 Å². The van der Waals surface area contributed by atoms with Crippen molar-refractivity contribution in [2.24, 2.45) is 0 Å². The number of hydrogen-bond donors (Lipinski definition) is 2. The van der Waals surface area contributed by atoms with Crippen LogP contribution >= 0.6 is 0 Å². The van der Waals surface area contributed by atoms with Crippen molar-refractivity contribution >= 4 is 23.9 Å². The first-order chi connectivity index (χ1) is 26.3. The highest BCUT2D eigenvalue weighted by molar-refractivity contribution is 6.09. The molecular formula is C46H78O8. The van der Waals surface area contributed by atoms with Gasteiger partial charge in [0.1, 0.15) is 0 Å². The fourth-order valence-electron chi connectivity index (χ4n) is 7.08. The monoisotopic (exact) mass is 759 g/mol. The number of carboxylic acid groups (broad SMARTS) is 2. The lowest BCUT2D eigenvalue weighted by atomic mass is 9.98. The maximum Gasteiger partial charge on any atom is 0.339 e. The van der Waals surface area contributed by atoms with Crippen molar-refractivity contribution in [2.45, 2.75) is 219 Å². The van der Waals surface area contributed by atoms with Gasteiger partial charge in [0.05, 0.1) is 35.5 Å². The summed E-state index contributed by atoms with van der Waals surface area (Å²) in [6, 6.07) is 1.85. The minimum Gasteiger partial charge on any atom is -0.478 e. The van der Waals surface area contributed by atoms with E-state index in [0.717, 1.165) is 50.7 Å². The van der Waals surface area contributed by atoms with Crippen LogP contribution in [0, 0.1) is 0 Å². The van der Waals surface area contributed by atoms with Gasteiger partial charge in [-0.1, -0.05) is 206 Å². The summed E-state index contributed by atoms with van der Waals surface area (Å²) in [7, 11) is 0. The highest BCUT2D eigenvalue weighted by atomic mass is 16.5. The first-order valence-corrected chi connectivity index (χ1v) is 22.3. The number of unbranched alkanes of at least 4 members (excludes halogenated alkanes) is 30. The van der Waals surface area contributed by atoms with Crippen LogP contribution in [-0.4, -0.2) is 47.3 Å². The first-order valence-electron chi connectivity index (χ1n) is 22.3. The van der Waals surface area contributed by atoms with E-state index in [1.807, 2.05) is 0 Å². The molecule has 0 aliphatic rings. The predicted molar refractivity (Wildman–Crippen MR) is 220 cm³/mol. The number of carbonyl (C=O) groups excluding carboxylic acids is 2. The summed E-state index contributed by atoms with van der Waals surface area (Å²) >= 11 is 0. The molecule has 0 unspecified atom stereocenters. The van der Waals surface area contributed by atoms with Gasteiger partial charge < -0.3 is 19.7 Å². The Bertz CT molecular complexity index is 1040. The molecule has 1 rings (SSSR count). The number of esters is 2. The SMILES string of the molecule is CCCCCCCCCCCCCCCCCCOC(=O)c1cc(C(=O)O)c(C(=O)OCCCCCCCCCCCCCCCCCC)cc1C(=O)O. The van der Waals surface area contributed by atoms with E-state index >= 15 is 0 Å². The first kappa shape index (κ1) is 49.1. The lowest BCUT2D eigenvalue weighted by Crippen LogP contribution is -2.19. The van der Waals surface area contributed by atoms with Crippen LogP contribution in [0.25, 0.3) is 0 Å². The molecule has 1 aromatic rings. The average molecular weight is 759 g/mol. The Morgan fingerprint density at radius 2 is 0.556 bits per heavy atom. The normalized spacial score (nSPS) is 11.1. The summed E-state index contributed by atoms with van der Waals surface area (Å²) in [4.78, 5) is 49.7. The van der Waals surface area contributed by atoms with Crippen molar-refractivity contribution in [3.63, 3.8) is 0 Å². The molecule has 310 valence electrons. The summed E-state index contributed by atoms with van der Waals surface area (Å²) < 4.78 is 10.7. The van der Waals surface area contributed by atoms with Crippen LogP contribution in [0.15, 0.2) is 12.1 Å². The largest absolute Gasteiger partial charge is 0.478 e. The lowest BCUT2D eigenvalue weighted by molar-refractivity contribution is 0.0472. The molecule has 54 heavy (non-hydrogen) atoms. The minimum absolute atomic E-state index is 0.113. The molecule has 8 nitrogen and oxygen atoms in total. The van der Waals surface area contributed by atoms with Crippen LogP contribution in [-0.2, 0) is 9.47 Å². The zero-order valence-corrected chi connectivity index (χ0v) is 34.5. The standard InChI is InChI=1S/C46H78O8/c1-3-5-7-9-11-13-15-17-19-21-23-25-27-29-31-33-35-53-45(51)41-37-40(44(49)50)42(38-39(41)43(47)48)46(52)54-36-34-32-30-28-26-24-22-20-18-16-14-12-10-8-6-4-2/h37-38H,3-36H2,1-2H3,(H,47,48)(H,49,50). The van der Waals surface area contributed by atoms with Crippen LogP contribution in [0.1, 0.15) is 261 Å². The topological polar surface area (TPSA) is 127 Å². The molecule has 0 radical (unpaired) electrons. The number of aromatic carboxylic acids is 2. The average Bonchev–Trinajstić information content (AvgIpc) is 3.16. The summed E-state index contributed by atoms with van der Waals surface area (Å²) in [6.45, 7) is 4.73. The van der Waals surface area contributed by atoms with Crippen molar-refractivity contribution in [1.29, 1.82) is 0 Å². The Kier molecular flexibility index (Phi) is 31.5. The Hall–Kier alpha value is -2.90. The van der Waals surface area contributed by atoms with Gasteiger partial charge in [0.25, 0.3) is 0 Å². The molecular weight excluding hydrogens is 680 g/mol. The van der Waals surface area contributed by atoms with E-state index in [4.69, 9.17) is 9.47 Å². The van der Waals surface area contributed by atoms with Crippen molar-refractivity contribution < 1.29 is 38.9 Å². The summed E-state index contributed by atoms with van der Waals surface area (Å²) in [5.74, 6) is -4.73. The number of rotatable bonds is 38. The van der Waals surface area contributed by atoms with Gasteiger partial charge in [-0.25, -0.2) is 19.2 Å². The third kappa shape index (κ3) is 25.2. The number of hydrogen-bond acceptors (Lipinski definition) is 6. The molecule has 0 saturated carbocycles. The Morgan fingerprint density at radius 3 is 0.759 bits per heavy atom. The van der Waals surface area contributed by atoms with Crippen molar-refractivity contribution in [2.75, 3.05) is 13.2 Å².